The lowest BCUT2D eigenvalue weighted by atomic mass is 10.1. The van der Waals surface area contributed by atoms with E-state index in [0.29, 0.717) is 28.6 Å². The second kappa shape index (κ2) is 6.42. The zero-order valence-corrected chi connectivity index (χ0v) is 15.1. The Bertz CT molecular complexity index is 1200. The van der Waals surface area contributed by atoms with Crippen LogP contribution in [-0.2, 0) is 0 Å². The number of benzene rings is 3. The lowest BCUT2D eigenvalue weighted by Gasteiger charge is -2.06. The van der Waals surface area contributed by atoms with Crippen LogP contribution in [-0.4, -0.2) is 17.7 Å². The van der Waals surface area contributed by atoms with Crippen molar-refractivity contribution in [1.82, 2.24) is 4.98 Å². The molecular formula is C22H16N2O4. The first-order chi connectivity index (χ1) is 13.7. The fourth-order valence-corrected chi connectivity index (χ4v) is 3.09. The highest BCUT2D eigenvalue weighted by Crippen LogP contribution is 2.33. The highest BCUT2D eigenvalue weighted by atomic mass is 16.7. The number of anilines is 1. The molecule has 1 N–H and O–H groups in total. The van der Waals surface area contributed by atoms with Gasteiger partial charge in [0.1, 0.15) is 5.52 Å². The van der Waals surface area contributed by atoms with Crippen LogP contribution in [0.25, 0.3) is 22.6 Å². The van der Waals surface area contributed by atoms with Crippen molar-refractivity contribution in [2.24, 2.45) is 0 Å². The monoisotopic (exact) mass is 372 g/mol. The van der Waals surface area contributed by atoms with Crippen molar-refractivity contribution in [1.29, 1.82) is 0 Å². The number of carbonyl (C=O) groups is 1. The Kier molecular flexibility index (Phi) is 3.76. The Morgan fingerprint density at radius 1 is 0.964 bits per heavy atom. The maximum Gasteiger partial charge on any atom is 0.255 e. The number of nitrogens with one attached hydrogen (secondary N) is 1. The first-order valence-electron chi connectivity index (χ1n) is 8.84. The molecule has 0 saturated heterocycles. The molecule has 0 bridgehead atoms. The molecule has 1 aromatic heterocycles. The molecule has 6 nitrogen and oxygen atoms in total. The number of aryl methyl sites for hydroxylation is 1. The molecule has 3 aromatic carbocycles. The van der Waals surface area contributed by atoms with Crippen LogP contribution in [0.2, 0.25) is 0 Å². The van der Waals surface area contributed by atoms with Crippen molar-refractivity contribution >= 4 is 22.7 Å². The molecular weight excluding hydrogens is 356 g/mol. The molecule has 28 heavy (non-hydrogen) atoms. The number of hydrogen-bond donors (Lipinski definition) is 1. The van der Waals surface area contributed by atoms with Gasteiger partial charge in [-0.05, 0) is 67.1 Å². The van der Waals surface area contributed by atoms with Crippen molar-refractivity contribution in [2.45, 2.75) is 6.92 Å². The molecule has 0 spiro atoms. The minimum Gasteiger partial charge on any atom is -0.454 e. The Morgan fingerprint density at radius 2 is 1.79 bits per heavy atom. The fourth-order valence-electron chi connectivity index (χ4n) is 3.09. The quantitative estimate of drug-likeness (QED) is 0.560. The van der Waals surface area contributed by atoms with E-state index in [1.165, 1.54) is 0 Å². The van der Waals surface area contributed by atoms with Crippen LogP contribution in [0.1, 0.15) is 15.9 Å². The Morgan fingerprint density at radius 3 is 2.64 bits per heavy atom. The standard InChI is InChI=1S/C22H16N2O4/c1-13-2-8-17-19(10-13)28-22(24-17)14-3-6-16(7-4-14)23-21(25)15-5-9-18-20(11-15)27-12-26-18/h2-11H,12H2,1H3,(H,23,25). The third-order valence-electron chi connectivity index (χ3n) is 4.57. The third kappa shape index (κ3) is 2.95. The number of carbonyl (C=O) groups excluding carboxylic acids is 1. The summed E-state index contributed by atoms with van der Waals surface area (Å²) in [4.78, 5) is 17.0. The zero-order valence-electron chi connectivity index (χ0n) is 15.1. The molecule has 0 unspecified atom stereocenters. The maximum absolute atomic E-state index is 12.5. The Labute approximate surface area is 160 Å². The van der Waals surface area contributed by atoms with E-state index in [1.807, 2.05) is 49.4 Å². The lowest BCUT2D eigenvalue weighted by Crippen LogP contribution is -2.11. The van der Waals surface area contributed by atoms with E-state index in [9.17, 15) is 4.79 Å². The van der Waals surface area contributed by atoms with E-state index >= 15 is 0 Å². The summed E-state index contributed by atoms with van der Waals surface area (Å²) in [6.07, 6.45) is 0. The van der Waals surface area contributed by atoms with Gasteiger partial charge in [-0.1, -0.05) is 6.07 Å². The fraction of sp³-hybridized carbons (Fsp3) is 0.0909. The molecule has 4 aromatic rings. The normalized spacial score (nSPS) is 12.3. The SMILES string of the molecule is Cc1ccc2nc(-c3ccc(NC(=O)c4ccc5c(c4)OCO5)cc3)oc2c1. The Hall–Kier alpha value is -3.80. The summed E-state index contributed by atoms with van der Waals surface area (Å²) >= 11 is 0. The molecule has 6 heteroatoms. The van der Waals surface area contributed by atoms with Gasteiger partial charge in [0, 0.05) is 16.8 Å². The number of oxazole rings is 1. The molecule has 5 rings (SSSR count). The van der Waals surface area contributed by atoms with Gasteiger partial charge >= 0.3 is 0 Å². The van der Waals surface area contributed by atoms with Gasteiger partial charge in [-0.2, -0.15) is 0 Å². The van der Waals surface area contributed by atoms with Gasteiger partial charge < -0.3 is 19.2 Å². The van der Waals surface area contributed by atoms with Gasteiger partial charge in [0.05, 0.1) is 0 Å². The Balaban J connectivity index is 1.35. The molecule has 1 aliphatic heterocycles. The van der Waals surface area contributed by atoms with Gasteiger partial charge in [-0.25, -0.2) is 4.98 Å². The molecule has 0 atom stereocenters. The number of rotatable bonds is 3. The summed E-state index contributed by atoms with van der Waals surface area (Å²) in [5.41, 5.74) is 4.73. The van der Waals surface area contributed by atoms with Gasteiger partial charge in [-0.15, -0.1) is 0 Å². The van der Waals surface area contributed by atoms with E-state index in [-0.39, 0.29) is 12.7 Å². The highest BCUT2D eigenvalue weighted by molar-refractivity contribution is 6.04. The predicted molar refractivity (Wildman–Crippen MR) is 105 cm³/mol. The van der Waals surface area contributed by atoms with E-state index in [1.54, 1.807) is 18.2 Å². The van der Waals surface area contributed by atoms with Crippen LogP contribution >= 0.6 is 0 Å². The van der Waals surface area contributed by atoms with E-state index in [0.717, 1.165) is 22.2 Å². The first-order valence-corrected chi connectivity index (χ1v) is 8.84. The summed E-state index contributed by atoms with van der Waals surface area (Å²) < 4.78 is 16.4. The topological polar surface area (TPSA) is 73.6 Å². The average Bonchev–Trinajstić information content (AvgIpc) is 3.34. The molecule has 0 saturated carbocycles. The molecule has 2 heterocycles. The molecule has 0 fully saturated rings. The van der Waals surface area contributed by atoms with Crippen LogP contribution in [0.15, 0.2) is 65.1 Å². The van der Waals surface area contributed by atoms with Crippen molar-refractivity contribution < 1.29 is 18.7 Å². The van der Waals surface area contributed by atoms with Crippen LogP contribution in [0.4, 0.5) is 5.69 Å². The summed E-state index contributed by atoms with van der Waals surface area (Å²) in [6.45, 7) is 2.19. The lowest BCUT2D eigenvalue weighted by molar-refractivity contribution is 0.102. The van der Waals surface area contributed by atoms with E-state index in [4.69, 9.17) is 13.9 Å². The minimum absolute atomic E-state index is 0.178. The van der Waals surface area contributed by atoms with E-state index < -0.39 is 0 Å². The zero-order chi connectivity index (χ0) is 19.1. The summed E-state index contributed by atoms with van der Waals surface area (Å²) in [7, 11) is 0. The number of ether oxygens (including phenoxy) is 2. The van der Waals surface area contributed by atoms with Crippen molar-refractivity contribution in [3.8, 4) is 23.0 Å². The molecule has 0 aliphatic carbocycles. The van der Waals surface area contributed by atoms with Crippen LogP contribution in [0, 0.1) is 6.92 Å². The third-order valence-corrected chi connectivity index (χ3v) is 4.57. The highest BCUT2D eigenvalue weighted by Gasteiger charge is 2.16. The molecule has 1 aliphatic rings. The predicted octanol–water partition coefficient (Wildman–Crippen LogP) is 4.78. The average molecular weight is 372 g/mol. The maximum atomic E-state index is 12.5. The van der Waals surface area contributed by atoms with Gasteiger partial charge in [0.2, 0.25) is 12.7 Å². The van der Waals surface area contributed by atoms with Gasteiger partial charge in [0.15, 0.2) is 17.1 Å². The smallest absolute Gasteiger partial charge is 0.255 e. The number of hydrogen-bond acceptors (Lipinski definition) is 5. The summed E-state index contributed by atoms with van der Waals surface area (Å²) in [5, 5.41) is 2.88. The minimum atomic E-state index is -0.219. The number of amides is 1. The molecule has 138 valence electrons. The first kappa shape index (κ1) is 16.4. The van der Waals surface area contributed by atoms with Gasteiger partial charge in [-0.3, -0.25) is 4.79 Å². The van der Waals surface area contributed by atoms with Crippen LogP contribution in [0.3, 0.4) is 0 Å². The van der Waals surface area contributed by atoms with Crippen molar-refractivity contribution in [3.63, 3.8) is 0 Å². The summed E-state index contributed by atoms with van der Waals surface area (Å²) in [6, 6.07) is 18.4. The number of nitrogens with zero attached hydrogens (tertiary/aromatic N) is 1. The number of aromatic nitrogens is 1. The van der Waals surface area contributed by atoms with Crippen LogP contribution < -0.4 is 14.8 Å². The molecule has 1 amide bonds. The number of fused-ring (bicyclic) bond motifs is 2. The molecule has 0 radical (unpaired) electrons. The van der Waals surface area contributed by atoms with E-state index in [2.05, 4.69) is 10.3 Å². The van der Waals surface area contributed by atoms with Gasteiger partial charge in [0.25, 0.3) is 5.91 Å². The summed E-state index contributed by atoms with van der Waals surface area (Å²) in [5.74, 6) is 1.56. The van der Waals surface area contributed by atoms with Crippen LogP contribution in [0.5, 0.6) is 11.5 Å². The van der Waals surface area contributed by atoms with Crippen molar-refractivity contribution in [2.75, 3.05) is 12.1 Å². The van der Waals surface area contributed by atoms with Crippen molar-refractivity contribution in [3.05, 3.63) is 71.8 Å². The largest absolute Gasteiger partial charge is 0.454 e. The second-order valence-corrected chi connectivity index (χ2v) is 6.59. The second-order valence-electron chi connectivity index (χ2n) is 6.59.